The largest absolute Gasteiger partial charge is 1.00 e. The SMILES string of the molecule is CCCCC[SiH](c1c(C)cc(C)cc1C)[C]1([Ti+3])C=Cc2ccccc21.[Cl-].[Cl-].[Cl-]. The van der Waals surface area contributed by atoms with Crippen LogP contribution in [0.2, 0.25) is 6.04 Å². The summed E-state index contributed by atoms with van der Waals surface area (Å²) in [7, 11) is -1.21. The molecule has 0 spiro atoms. The van der Waals surface area contributed by atoms with Crippen molar-refractivity contribution in [2.75, 3.05) is 0 Å². The van der Waals surface area contributed by atoms with Gasteiger partial charge in [-0.2, -0.15) is 0 Å². The molecule has 0 saturated heterocycles. The molecule has 150 valence electrons. The van der Waals surface area contributed by atoms with E-state index in [1.165, 1.54) is 47.6 Å². The Morgan fingerprint density at radius 1 is 0.929 bits per heavy atom. The molecule has 0 N–H and O–H groups in total. The number of unbranched alkanes of at least 4 members (excludes halogenated alkanes) is 2. The number of rotatable bonds is 6. The molecule has 1 aliphatic rings. The van der Waals surface area contributed by atoms with Crippen LogP contribution in [0.15, 0.2) is 42.5 Å². The van der Waals surface area contributed by atoms with Crippen molar-refractivity contribution in [2.45, 2.75) is 56.3 Å². The maximum Gasteiger partial charge on any atom is -1.00 e. The summed E-state index contributed by atoms with van der Waals surface area (Å²) in [6.45, 7) is 9.21. The Kier molecular flexibility index (Phi) is 12.0. The summed E-state index contributed by atoms with van der Waals surface area (Å²) in [5, 5.41) is 1.71. The third-order valence-electron chi connectivity index (χ3n) is 5.66. The van der Waals surface area contributed by atoms with E-state index in [2.05, 4.69) is 96.7 Å². The van der Waals surface area contributed by atoms with E-state index in [1.54, 1.807) is 10.8 Å². The monoisotopic (exact) mass is 486 g/mol. The summed E-state index contributed by atoms with van der Waals surface area (Å²) < 4.78 is 0.231. The average molecular weight is 488 g/mol. The molecule has 0 amide bonds. The first kappa shape index (κ1) is 28.0. The Bertz CT molecular complexity index is 783. The van der Waals surface area contributed by atoms with E-state index < -0.39 is 8.80 Å². The Hall–Kier alpha value is -0.0188. The summed E-state index contributed by atoms with van der Waals surface area (Å²) in [5.74, 6) is 0. The first-order valence-electron chi connectivity index (χ1n) is 9.59. The summed E-state index contributed by atoms with van der Waals surface area (Å²) in [6.07, 6.45) is 8.92. The summed E-state index contributed by atoms with van der Waals surface area (Å²) in [5.41, 5.74) is 7.42. The van der Waals surface area contributed by atoms with Crippen LogP contribution in [0, 0.1) is 20.8 Å². The van der Waals surface area contributed by atoms with E-state index in [0.717, 1.165) is 0 Å². The fourth-order valence-electron chi connectivity index (χ4n) is 4.57. The van der Waals surface area contributed by atoms with Crippen LogP contribution in [0.5, 0.6) is 0 Å². The molecule has 0 saturated carbocycles. The van der Waals surface area contributed by atoms with Crippen LogP contribution in [0.3, 0.4) is 0 Å². The van der Waals surface area contributed by atoms with Gasteiger partial charge in [0.05, 0.1) is 0 Å². The van der Waals surface area contributed by atoms with Crippen LogP contribution < -0.4 is 42.4 Å². The van der Waals surface area contributed by atoms with Crippen molar-refractivity contribution in [3.05, 3.63) is 70.3 Å². The zero-order valence-corrected chi connectivity index (χ0v) is 22.1. The predicted octanol–water partition coefficient (Wildman–Crippen LogP) is -3.74. The number of fused-ring (bicyclic) bond motifs is 1. The molecular weight excluding hydrogens is 459 g/mol. The second-order valence-corrected chi connectivity index (χ2v) is 13.0. The van der Waals surface area contributed by atoms with Gasteiger partial charge in [0.2, 0.25) is 0 Å². The zero-order chi connectivity index (χ0) is 18.0. The minimum absolute atomic E-state index is 0. The number of halogens is 3. The second-order valence-electron chi connectivity index (χ2n) is 7.65. The minimum Gasteiger partial charge on any atom is -1.00 e. The molecule has 5 heteroatoms. The van der Waals surface area contributed by atoms with Gasteiger partial charge in [-0.05, 0) is 0 Å². The Balaban J connectivity index is 0.00000243. The number of aryl methyl sites for hydroxylation is 3. The van der Waals surface area contributed by atoms with Gasteiger partial charge in [0.25, 0.3) is 0 Å². The number of allylic oxidation sites excluding steroid dienone is 1. The van der Waals surface area contributed by atoms with Gasteiger partial charge >= 0.3 is 167 Å². The maximum absolute atomic E-state index is 2.53. The van der Waals surface area contributed by atoms with E-state index in [4.69, 9.17) is 0 Å². The van der Waals surface area contributed by atoms with Crippen molar-refractivity contribution in [1.29, 1.82) is 0 Å². The van der Waals surface area contributed by atoms with Gasteiger partial charge in [-0.25, -0.2) is 0 Å². The Morgan fingerprint density at radius 3 is 2.14 bits per heavy atom. The van der Waals surface area contributed by atoms with Crippen molar-refractivity contribution >= 4 is 20.1 Å². The fraction of sp³-hybridized carbons (Fsp3) is 0.391. The summed E-state index contributed by atoms with van der Waals surface area (Å²) >= 11 is 2.51. The molecule has 0 fully saturated rings. The van der Waals surface area contributed by atoms with Crippen LogP contribution >= 0.6 is 0 Å². The molecule has 0 bridgehead atoms. The first-order chi connectivity index (χ1) is 12.0. The predicted molar refractivity (Wildman–Crippen MR) is 109 cm³/mol. The molecule has 0 heterocycles. The zero-order valence-electron chi connectivity index (χ0n) is 17.2. The third kappa shape index (κ3) is 5.56. The molecule has 3 rings (SSSR count). The van der Waals surface area contributed by atoms with Crippen molar-refractivity contribution in [3.63, 3.8) is 0 Å². The van der Waals surface area contributed by atoms with Gasteiger partial charge < -0.3 is 37.2 Å². The quantitative estimate of drug-likeness (QED) is 0.290. The summed E-state index contributed by atoms with van der Waals surface area (Å²) in [4.78, 5) is 0. The van der Waals surface area contributed by atoms with E-state index in [0.29, 0.717) is 0 Å². The maximum atomic E-state index is 2.53. The van der Waals surface area contributed by atoms with E-state index in [1.807, 2.05) is 0 Å². The van der Waals surface area contributed by atoms with Gasteiger partial charge in [-0.1, -0.05) is 0 Å². The molecule has 0 nitrogen and oxygen atoms in total. The Labute approximate surface area is 203 Å². The van der Waals surface area contributed by atoms with Gasteiger partial charge in [-0.15, -0.1) is 0 Å². The molecule has 0 aliphatic heterocycles. The van der Waals surface area contributed by atoms with Crippen LogP contribution in [-0.4, -0.2) is 8.80 Å². The molecule has 28 heavy (non-hydrogen) atoms. The standard InChI is InChI=1S/C23H29Si.3ClH.Ti/c1-5-6-9-14-24(23-18(3)15-17(2)16-19(23)4)22-13-12-20-10-7-8-11-21(20)22;;;;/h7-8,10-13,15-16,24H,5-6,9,14H2,1-4H3;3*1H;/q;;;;+3/p-3. The van der Waals surface area contributed by atoms with Gasteiger partial charge in [0.15, 0.2) is 0 Å². The minimum atomic E-state index is -1.21. The number of hydrogen-bond donors (Lipinski definition) is 0. The molecule has 2 atom stereocenters. The molecule has 0 aromatic heterocycles. The molecule has 2 aromatic carbocycles. The topological polar surface area (TPSA) is 0 Å². The van der Waals surface area contributed by atoms with Crippen molar-refractivity contribution < 1.29 is 57.7 Å². The number of benzene rings is 2. The normalized spacial score (nSPS) is 17.8. The smallest absolute Gasteiger partial charge is 1.00 e. The molecule has 2 aromatic rings. The van der Waals surface area contributed by atoms with E-state index in [-0.39, 0.29) is 40.6 Å². The molecular formula is C23H29Cl3SiTi. The van der Waals surface area contributed by atoms with E-state index >= 15 is 0 Å². The second kappa shape index (κ2) is 12.0. The van der Waals surface area contributed by atoms with Crippen LogP contribution in [0.25, 0.3) is 6.08 Å². The van der Waals surface area contributed by atoms with Crippen LogP contribution in [-0.2, 0) is 23.8 Å². The first-order valence-corrected chi connectivity index (χ1v) is 12.3. The molecule has 1 aliphatic carbocycles. The van der Waals surface area contributed by atoms with Crippen LogP contribution in [0.4, 0.5) is 0 Å². The Morgan fingerprint density at radius 2 is 1.54 bits per heavy atom. The third-order valence-corrected chi connectivity index (χ3v) is 12.2. The van der Waals surface area contributed by atoms with Crippen molar-refractivity contribution in [2.24, 2.45) is 0 Å². The average Bonchev–Trinajstić information content (AvgIpc) is 2.91. The van der Waals surface area contributed by atoms with Crippen molar-refractivity contribution in [3.8, 4) is 0 Å². The van der Waals surface area contributed by atoms with Gasteiger partial charge in [0, 0.05) is 0 Å². The van der Waals surface area contributed by atoms with Gasteiger partial charge in [-0.3, -0.25) is 0 Å². The van der Waals surface area contributed by atoms with Crippen molar-refractivity contribution in [1.82, 2.24) is 0 Å². The fourth-order valence-corrected chi connectivity index (χ4v) is 10.5. The van der Waals surface area contributed by atoms with Gasteiger partial charge in [0.1, 0.15) is 0 Å². The number of hydrogen-bond acceptors (Lipinski definition) is 0. The molecule has 0 radical (unpaired) electrons. The summed E-state index contributed by atoms with van der Waals surface area (Å²) in [6, 6.07) is 15.2. The van der Waals surface area contributed by atoms with E-state index in [9.17, 15) is 0 Å². The van der Waals surface area contributed by atoms with Crippen LogP contribution in [0.1, 0.15) is 54.0 Å². The molecule has 2 unspecified atom stereocenters.